The van der Waals surface area contributed by atoms with Crippen LogP contribution in [0.1, 0.15) is 84.2 Å². The molecule has 4 saturated heterocycles. The molecular weight excluding hydrogens is 1140 g/mol. The van der Waals surface area contributed by atoms with Gasteiger partial charge in [0.2, 0.25) is 0 Å². The lowest BCUT2D eigenvalue weighted by atomic mass is 9.84. The second kappa shape index (κ2) is 26.2. The smallest absolute Gasteiger partial charge is 0.429 e. The molecule has 7 heterocycles. The fraction of sp³-hybridized carbons (Fsp3) is 0.411. The summed E-state index contributed by atoms with van der Waals surface area (Å²) >= 11 is 0. The Morgan fingerprint density at radius 2 is 0.844 bits per heavy atom. The van der Waals surface area contributed by atoms with Crippen molar-refractivity contribution in [1.29, 1.82) is 0 Å². The van der Waals surface area contributed by atoms with E-state index in [0.29, 0.717) is 85.0 Å². The van der Waals surface area contributed by atoms with Gasteiger partial charge in [-0.1, -0.05) is 140 Å². The highest BCUT2D eigenvalue weighted by Crippen LogP contribution is 2.46. The number of nitrogens with zero attached hydrogens (tertiary/aromatic N) is 2. The molecule has 0 radical (unpaired) electrons. The molecule has 17 heteroatoms. The van der Waals surface area contributed by atoms with Gasteiger partial charge in [-0.3, -0.25) is 0 Å². The topological polar surface area (TPSA) is 196 Å². The van der Waals surface area contributed by atoms with E-state index < -0.39 is 53.2 Å². The van der Waals surface area contributed by atoms with E-state index in [-0.39, 0.29) is 18.2 Å². The van der Waals surface area contributed by atoms with Crippen LogP contribution in [0.25, 0.3) is 65.4 Å². The van der Waals surface area contributed by atoms with Crippen LogP contribution in [0.2, 0.25) is 0 Å². The third-order valence-corrected chi connectivity index (χ3v) is 17.9. The van der Waals surface area contributed by atoms with Crippen LogP contribution < -0.4 is 0 Å². The Labute approximate surface area is 523 Å². The average Bonchev–Trinajstić information content (AvgIpc) is 1.59. The summed E-state index contributed by atoms with van der Waals surface area (Å²) in [5.74, 6) is -2.32. The molecule has 17 nitrogen and oxygen atoms in total. The average molecular weight is 1220 g/mol. The fourth-order valence-corrected chi connectivity index (χ4v) is 14.1. The van der Waals surface area contributed by atoms with Crippen molar-refractivity contribution in [1.82, 2.24) is 14.1 Å². The van der Waals surface area contributed by atoms with Gasteiger partial charge in [-0.2, -0.15) is 0 Å². The Morgan fingerprint density at radius 1 is 0.456 bits per heavy atom. The summed E-state index contributed by atoms with van der Waals surface area (Å²) in [5.41, 5.74) is 6.53. The number of carbonyl (C=O) groups is 1. The zero-order chi connectivity index (χ0) is 61.9. The molecule has 0 amide bonds. The number of H-pyrrole nitrogens is 1. The lowest BCUT2D eigenvalue weighted by molar-refractivity contribution is -0.225. The summed E-state index contributed by atoms with van der Waals surface area (Å²) in [4.78, 5) is 14.9. The van der Waals surface area contributed by atoms with Crippen LogP contribution >= 0.6 is 0 Å². The minimum absolute atomic E-state index is 0.256. The number of hydrogen-bond acceptors (Lipinski definition) is 14. The van der Waals surface area contributed by atoms with Crippen LogP contribution in [-0.2, 0) is 47.4 Å². The van der Waals surface area contributed by atoms with Crippen molar-refractivity contribution < 1.29 is 67.5 Å². The molecule has 3 aromatic heterocycles. The molecule has 6 atom stereocenters. The molecule has 90 heavy (non-hydrogen) atoms. The summed E-state index contributed by atoms with van der Waals surface area (Å²) in [6.07, 6.45) is 13.9. The van der Waals surface area contributed by atoms with Crippen molar-refractivity contribution in [2.75, 3.05) is 52.9 Å². The van der Waals surface area contributed by atoms with E-state index in [0.717, 1.165) is 41.1 Å². The predicted octanol–water partition coefficient (Wildman–Crippen LogP) is 13.2. The number of allylic oxidation sites excluding steroid dienone is 1. The molecule has 4 spiro atoms. The number of nitrogens with one attached hydrogen (secondary N) is 1. The van der Waals surface area contributed by atoms with Crippen molar-refractivity contribution >= 4 is 71.6 Å². The molecule has 17 rings (SSSR count). The molecule has 2 unspecified atom stereocenters. The minimum Gasteiger partial charge on any atom is -0.429 e. The summed E-state index contributed by atoms with van der Waals surface area (Å²) in [7, 11) is 0. The maximum Gasteiger partial charge on any atom is 0.509 e. The Bertz CT molecular complexity index is 3880. The largest absolute Gasteiger partial charge is 0.509 e. The van der Waals surface area contributed by atoms with Gasteiger partial charge in [-0.15, -0.1) is 0 Å². The number of aromatic amines is 1. The zero-order valence-corrected chi connectivity index (χ0v) is 51.3. The number of aromatic nitrogens is 3. The zero-order valence-electron chi connectivity index (χ0n) is 51.3. The molecule has 4 N–H and O–H groups in total. The maximum atomic E-state index is 11.6. The molecule has 472 valence electrons. The predicted molar refractivity (Wildman–Crippen MR) is 345 cm³/mol. The number of carbonyl (C=O) groups excluding carboxylic acids is 1. The number of fused-ring (bicyclic) bond motifs is 9. The second-order valence-corrected chi connectivity index (χ2v) is 25.3. The SMILES string of the molecule is C1=C[C@@H](n2c3ccccc3c3ccccc32)CC2(C1)OCCO2.CC(C)(C)OC(=O)OC1C=CCC2(C1)OCCO2.OC1C=CCC2(C1)OCCO2.O[C@H]1[C@@H](O)CC2(C[C@@H]1n1c3ccccc3c3ccccc31)OCCO2.c1ccc2c(c1)[nH]c1ccccc12. The molecular formula is C73H81N3O14. The van der Waals surface area contributed by atoms with Gasteiger partial charge in [0, 0.05) is 117 Å². The van der Waals surface area contributed by atoms with Gasteiger partial charge < -0.3 is 76.8 Å². The van der Waals surface area contributed by atoms with Crippen LogP contribution in [0.4, 0.5) is 4.79 Å². The first-order valence-electron chi connectivity index (χ1n) is 31.7. The van der Waals surface area contributed by atoms with Gasteiger partial charge in [0.1, 0.15) is 17.8 Å². The number of aliphatic hydroxyl groups excluding tert-OH is 3. The first kappa shape index (κ1) is 61.6. The van der Waals surface area contributed by atoms with Crippen LogP contribution in [0.5, 0.6) is 0 Å². The first-order chi connectivity index (χ1) is 43.7. The number of hydrogen-bond donors (Lipinski definition) is 4. The lowest BCUT2D eigenvalue weighted by Gasteiger charge is -2.42. The monoisotopic (exact) mass is 1220 g/mol. The number of para-hydroxylation sites is 6. The number of aliphatic hydroxyl groups is 3. The Hall–Kier alpha value is -7.23. The minimum atomic E-state index is -0.878. The quantitative estimate of drug-likeness (QED) is 0.0963. The second-order valence-electron chi connectivity index (χ2n) is 25.3. The maximum absolute atomic E-state index is 11.6. The summed E-state index contributed by atoms with van der Waals surface area (Å²) in [6.45, 7) is 10.4. The van der Waals surface area contributed by atoms with Crippen molar-refractivity contribution in [3.8, 4) is 0 Å². The van der Waals surface area contributed by atoms with E-state index in [9.17, 15) is 20.1 Å². The molecule has 4 aliphatic carbocycles. The Kier molecular flexibility index (Phi) is 17.9. The van der Waals surface area contributed by atoms with E-state index in [1.165, 1.54) is 43.6 Å². The summed E-state index contributed by atoms with van der Waals surface area (Å²) in [6, 6.07) is 50.3. The standard InChI is InChI=1S/C20H21NO4.C20H19NO2.C13H20O5.C12H9N.C8H12O3/c22-18-12-20(24-9-10-25-20)11-17(19(18)23)21-15-7-3-1-5-13(15)14-6-2-4-8-16(14)21;1-3-9-18-16(7-1)17-8-2-4-10-19(17)21(18)15-6-5-11-20(14-15)22-12-13-23-20;1-12(2,3)18-11(14)17-10-5-4-6-13(9-10)15-7-8-16-13;1-3-7-11-9(5-1)10-6-2-4-8-12(10)13-11;9-7-2-1-3-8(6-7)10-4-5-11-8/h1-8,17-19,22-23H,9-12H2;1-10,15H,11-14H2;4-5,10H,6-9H2,1-3H3;1-8,13H;1-2,7,9H,3-6H2/t17-,18-,19+;15-;;;/m01.../s1. The van der Waals surface area contributed by atoms with Gasteiger partial charge in [0.25, 0.3) is 0 Å². The third-order valence-electron chi connectivity index (χ3n) is 17.9. The van der Waals surface area contributed by atoms with E-state index in [2.05, 4.69) is 148 Å². The van der Waals surface area contributed by atoms with Gasteiger partial charge in [0.05, 0.1) is 77.1 Å². The molecule has 6 aromatic carbocycles. The van der Waals surface area contributed by atoms with Crippen LogP contribution in [-0.4, -0.2) is 142 Å². The summed E-state index contributed by atoms with van der Waals surface area (Å²) < 4.78 is 60.5. The van der Waals surface area contributed by atoms with Crippen molar-refractivity contribution in [2.24, 2.45) is 0 Å². The van der Waals surface area contributed by atoms with Gasteiger partial charge in [-0.05, 0) is 63.2 Å². The van der Waals surface area contributed by atoms with Crippen LogP contribution in [0, 0.1) is 0 Å². The number of benzene rings is 6. The van der Waals surface area contributed by atoms with E-state index in [1.807, 2.05) is 42.5 Å². The van der Waals surface area contributed by atoms with Crippen molar-refractivity contribution in [2.45, 2.75) is 137 Å². The van der Waals surface area contributed by atoms with Gasteiger partial charge in [0.15, 0.2) is 23.1 Å². The highest BCUT2D eigenvalue weighted by Gasteiger charge is 2.50. The number of rotatable bonds is 3. The van der Waals surface area contributed by atoms with Gasteiger partial charge in [-0.25, -0.2) is 4.79 Å². The summed E-state index contributed by atoms with van der Waals surface area (Å²) in [5, 5.41) is 38.1. The molecule has 8 aliphatic rings. The van der Waals surface area contributed by atoms with Crippen molar-refractivity contribution in [3.05, 3.63) is 182 Å². The van der Waals surface area contributed by atoms with Crippen molar-refractivity contribution in [3.63, 3.8) is 0 Å². The van der Waals surface area contributed by atoms with Crippen LogP contribution in [0.15, 0.2) is 182 Å². The highest BCUT2D eigenvalue weighted by molar-refractivity contribution is 6.09. The third kappa shape index (κ3) is 13.1. The molecule has 4 aliphatic heterocycles. The van der Waals surface area contributed by atoms with E-state index in [1.54, 1.807) is 26.8 Å². The molecule has 0 bridgehead atoms. The highest BCUT2D eigenvalue weighted by atomic mass is 16.8. The molecule has 9 aromatic rings. The Morgan fingerprint density at radius 3 is 1.31 bits per heavy atom. The van der Waals surface area contributed by atoms with Gasteiger partial charge >= 0.3 is 6.16 Å². The first-order valence-corrected chi connectivity index (χ1v) is 31.7. The molecule has 5 fully saturated rings. The number of ether oxygens (including phenoxy) is 10. The van der Waals surface area contributed by atoms with E-state index >= 15 is 0 Å². The van der Waals surface area contributed by atoms with E-state index in [4.69, 9.17) is 47.4 Å². The lowest BCUT2D eigenvalue weighted by Crippen LogP contribution is -2.51. The van der Waals surface area contributed by atoms with Crippen LogP contribution in [0.3, 0.4) is 0 Å². The molecule has 1 saturated carbocycles. The Balaban J connectivity index is 0.000000106. The fourth-order valence-electron chi connectivity index (χ4n) is 14.1. The normalized spacial score (nSPS) is 25.1.